The monoisotopic (exact) mass is 372 g/mol. The Hall–Kier alpha value is -2.83. The molecule has 1 aromatic heterocycles. The average Bonchev–Trinajstić information content (AvgIpc) is 3.04. The molecule has 0 spiro atoms. The summed E-state index contributed by atoms with van der Waals surface area (Å²) >= 11 is 5.92. The molecule has 0 aliphatic carbocycles. The first-order valence-electron chi connectivity index (χ1n) is 7.98. The summed E-state index contributed by atoms with van der Waals surface area (Å²) in [5, 5.41) is 23.3. The minimum absolute atomic E-state index is 0.140. The Kier molecular flexibility index (Phi) is 4.97. The number of aliphatic carboxylic acids is 1. The van der Waals surface area contributed by atoms with E-state index in [9.17, 15) is 19.8 Å². The minimum atomic E-state index is -2.37. The third-order valence-corrected chi connectivity index (χ3v) is 4.35. The first-order chi connectivity index (χ1) is 12.4. The SMILES string of the molecule is O=C(N[C@@](O)(CCc1ccccc1)C(=O)O)c1cc2cc(Cl)ccc2[nH]1. The predicted molar refractivity (Wildman–Crippen MR) is 98.1 cm³/mol. The Labute approximate surface area is 154 Å². The number of amides is 1. The lowest BCUT2D eigenvalue weighted by Gasteiger charge is -2.24. The van der Waals surface area contributed by atoms with Gasteiger partial charge in [-0.15, -0.1) is 0 Å². The van der Waals surface area contributed by atoms with Crippen LogP contribution in [0.4, 0.5) is 0 Å². The number of benzene rings is 2. The van der Waals surface area contributed by atoms with Crippen molar-refractivity contribution in [2.45, 2.75) is 18.6 Å². The Balaban J connectivity index is 1.77. The fourth-order valence-corrected chi connectivity index (χ4v) is 2.85. The van der Waals surface area contributed by atoms with Gasteiger partial charge in [-0.05, 0) is 36.2 Å². The molecule has 0 unspecified atom stereocenters. The summed E-state index contributed by atoms with van der Waals surface area (Å²) in [6.07, 6.45) is 0.135. The molecule has 7 heteroatoms. The van der Waals surface area contributed by atoms with Gasteiger partial charge in [-0.2, -0.15) is 0 Å². The van der Waals surface area contributed by atoms with E-state index in [4.69, 9.17) is 11.6 Å². The first-order valence-corrected chi connectivity index (χ1v) is 8.36. The summed E-state index contributed by atoms with van der Waals surface area (Å²) < 4.78 is 0. The fourth-order valence-electron chi connectivity index (χ4n) is 2.67. The number of hydrogen-bond acceptors (Lipinski definition) is 3. The molecule has 2 aromatic carbocycles. The number of rotatable bonds is 6. The van der Waals surface area contributed by atoms with Crippen LogP contribution >= 0.6 is 11.6 Å². The molecule has 0 aliphatic heterocycles. The van der Waals surface area contributed by atoms with E-state index in [1.165, 1.54) is 0 Å². The zero-order chi connectivity index (χ0) is 18.7. The number of H-pyrrole nitrogens is 1. The van der Waals surface area contributed by atoms with E-state index in [2.05, 4.69) is 10.3 Å². The van der Waals surface area contributed by atoms with E-state index in [1.807, 2.05) is 30.3 Å². The van der Waals surface area contributed by atoms with Gasteiger partial charge in [0.15, 0.2) is 0 Å². The van der Waals surface area contributed by atoms with Crippen molar-refractivity contribution in [3.8, 4) is 0 Å². The molecule has 0 fully saturated rings. The second-order valence-electron chi connectivity index (χ2n) is 6.02. The topological polar surface area (TPSA) is 102 Å². The minimum Gasteiger partial charge on any atom is -0.478 e. The van der Waals surface area contributed by atoms with E-state index in [0.717, 1.165) is 5.56 Å². The van der Waals surface area contributed by atoms with Crippen LogP contribution in [0.25, 0.3) is 10.9 Å². The number of nitrogens with one attached hydrogen (secondary N) is 2. The van der Waals surface area contributed by atoms with Crippen molar-refractivity contribution >= 4 is 34.4 Å². The Morgan fingerprint density at radius 3 is 2.54 bits per heavy atom. The van der Waals surface area contributed by atoms with Crippen molar-refractivity contribution < 1.29 is 19.8 Å². The fraction of sp³-hybridized carbons (Fsp3) is 0.158. The molecular weight excluding hydrogens is 356 g/mol. The average molecular weight is 373 g/mol. The van der Waals surface area contributed by atoms with Crippen molar-refractivity contribution in [2.75, 3.05) is 0 Å². The molecule has 6 nitrogen and oxygen atoms in total. The Morgan fingerprint density at radius 2 is 1.85 bits per heavy atom. The molecule has 3 rings (SSSR count). The van der Waals surface area contributed by atoms with Gasteiger partial charge in [-0.3, -0.25) is 4.79 Å². The first kappa shape index (κ1) is 18.0. The Morgan fingerprint density at radius 1 is 1.12 bits per heavy atom. The molecule has 0 bridgehead atoms. The summed E-state index contributed by atoms with van der Waals surface area (Å²) in [5.41, 5.74) is -0.687. The summed E-state index contributed by atoms with van der Waals surface area (Å²) in [7, 11) is 0. The van der Waals surface area contributed by atoms with Crippen molar-refractivity contribution in [2.24, 2.45) is 0 Å². The van der Waals surface area contributed by atoms with Gasteiger partial charge in [-0.1, -0.05) is 41.9 Å². The van der Waals surface area contributed by atoms with Crippen molar-refractivity contribution in [1.82, 2.24) is 10.3 Å². The van der Waals surface area contributed by atoms with Crippen LogP contribution < -0.4 is 5.32 Å². The summed E-state index contributed by atoms with van der Waals surface area (Å²) in [6.45, 7) is 0. The van der Waals surface area contributed by atoms with Gasteiger partial charge in [-0.25, -0.2) is 4.79 Å². The number of aromatic amines is 1. The van der Waals surface area contributed by atoms with Gasteiger partial charge < -0.3 is 20.5 Å². The van der Waals surface area contributed by atoms with Crippen LogP contribution in [-0.2, 0) is 11.2 Å². The number of carboxylic acid groups (broad SMARTS) is 1. The molecule has 0 saturated carbocycles. The molecule has 134 valence electrons. The van der Waals surface area contributed by atoms with Gasteiger partial charge in [0.05, 0.1) is 0 Å². The smallest absolute Gasteiger partial charge is 0.357 e. The maximum absolute atomic E-state index is 12.4. The lowest BCUT2D eigenvalue weighted by molar-refractivity contribution is -0.161. The highest BCUT2D eigenvalue weighted by molar-refractivity contribution is 6.31. The normalized spacial score (nSPS) is 13.3. The molecule has 0 saturated heterocycles. The van der Waals surface area contributed by atoms with E-state index >= 15 is 0 Å². The third kappa shape index (κ3) is 3.87. The number of carbonyl (C=O) groups excluding carboxylic acids is 1. The third-order valence-electron chi connectivity index (χ3n) is 4.12. The maximum atomic E-state index is 12.4. The van der Waals surface area contributed by atoms with Crippen LogP contribution in [0, 0.1) is 0 Å². The number of carbonyl (C=O) groups is 2. The zero-order valence-corrected chi connectivity index (χ0v) is 14.5. The van der Waals surface area contributed by atoms with Crippen LogP contribution in [0.5, 0.6) is 0 Å². The Bertz CT molecular complexity index is 955. The van der Waals surface area contributed by atoms with Crippen molar-refractivity contribution in [1.29, 1.82) is 0 Å². The highest BCUT2D eigenvalue weighted by Gasteiger charge is 2.37. The van der Waals surface area contributed by atoms with Crippen LogP contribution in [0.1, 0.15) is 22.5 Å². The number of aliphatic hydroxyl groups is 1. The standard InChI is InChI=1S/C19H17ClN2O4/c20-14-6-7-15-13(10-14)11-16(21-15)17(23)22-19(26,18(24)25)9-8-12-4-2-1-3-5-12/h1-7,10-11,21,26H,8-9H2,(H,22,23)(H,24,25)/t19-/m1/s1. The van der Waals surface area contributed by atoms with Gasteiger partial charge in [0, 0.05) is 22.3 Å². The number of carboxylic acids is 1. The van der Waals surface area contributed by atoms with Crippen LogP contribution in [0.2, 0.25) is 5.02 Å². The van der Waals surface area contributed by atoms with E-state index in [-0.39, 0.29) is 12.1 Å². The highest BCUT2D eigenvalue weighted by Crippen LogP contribution is 2.21. The second-order valence-corrected chi connectivity index (χ2v) is 6.46. The van der Waals surface area contributed by atoms with Gasteiger partial charge in [0.25, 0.3) is 5.91 Å². The van der Waals surface area contributed by atoms with Crippen LogP contribution in [0.15, 0.2) is 54.6 Å². The summed E-state index contributed by atoms with van der Waals surface area (Å²) in [4.78, 5) is 26.8. The lowest BCUT2D eigenvalue weighted by Crippen LogP contribution is -2.55. The molecule has 3 aromatic rings. The van der Waals surface area contributed by atoms with Crippen LogP contribution in [-0.4, -0.2) is 32.8 Å². The molecule has 4 N–H and O–H groups in total. The lowest BCUT2D eigenvalue weighted by atomic mass is 10.0. The van der Waals surface area contributed by atoms with E-state index < -0.39 is 17.6 Å². The van der Waals surface area contributed by atoms with Crippen molar-refractivity contribution in [3.63, 3.8) is 0 Å². The number of aryl methyl sites for hydroxylation is 1. The number of aromatic nitrogens is 1. The van der Waals surface area contributed by atoms with E-state index in [0.29, 0.717) is 22.3 Å². The summed E-state index contributed by atoms with van der Waals surface area (Å²) in [6, 6.07) is 15.8. The van der Waals surface area contributed by atoms with Crippen molar-refractivity contribution in [3.05, 3.63) is 70.9 Å². The van der Waals surface area contributed by atoms with Gasteiger partial charge >= 0.3 is 5.97 Å². The quantitative estimate of drug-likeness (QED) is 0.499. The molecular formula is C19H17ClN2O4. The molecule has 0 aliphatic rings. The maximum Gasteiger partial charge on any atom is 0.357 e. The predicted octanol–water partition coefficient (Wildman–Crippen LogP) is 2.96. The second kappa shape index (κ2) is 7.19. The molecule has 1 atom stereocenters. The van der Waals surface area contributed by atoms with E-state index in [1.54, 1.807) is 24.3 Å². The molecule has 26 heavy (non-hydrogen) atoms. The highest BCUT2D eigenvalue weighted by atomic mass is 35.5. The number of halogens is 1. The molecule has 1 heterocycles. The number of fused-ring (bicyclic) bond motifs is 1. The van der Waals surface area contributed by atoms with Crippen LogP contribution in [0.3, 0.4) is 0 Å². The zero-order valence-electron chi connectivity index (χ0n) is 13.7. The summed E-state index contributed by atoms with van der Waals surface area (Å²) in [5.74, 6) is -2.23. The number of hydrogen-bond donors (Lipinski definition) is 4. The molecule has 1 amide bonds. The van der Waals surface area contributed by atoms with Gasteiger partial charge in [0.2, 0.25) is 5.72 Å². The largest absolute Gasteiger partial charge is 0.478 e. The molecule has 0 radical (unpaired) electrons. The van der Waals surface area contributed by atoms with Gasteiger partial charge in [0.1, 0.15) is 5.69 Å².